The highest BCUT2D eigenvalue weighted by Gasteiger charge is 2.50. The quantitative estimate of drug-likeness (QED) is 0.136. The Bertz CT molecular complexity index is 2660. The van der Waals surface area contributed by atoms with Gasteiger partial charge in [0, 0.05) is 48.1 Å². The van der Waals surface area contributed by atoms with Crippen molar-refractivity contribution in [3.05, 3.63) is 88.9 Å². The van der Waals surface area contributed by atoms with E-state index >= 15 is 22.0 Å². The van der Waals surface area contributed by atoms with Gasteiger partial charge in [-0.25, -0.2) is 18.2 Å². The van der Waals surface area contributed by atoms with Crippen LogP contribution in [0.3, 0.4) is 0 Å². The molecule has 7 heterocycles. The third-order valence-electron chi connectivity index (χ3n) is 11.6. The fraction of sp³-hybridized carbons (Fsp3) is 0.341. The number of halogens is 6. The molecule has 4 aromatic heterocycles. The van der Waals surface area contributed by atoms with Gasteiger partial charge in [-0.1, -0.05) is 12.1 Å². The van der Waals surface area contributed by atoms with Crippen LogP contribution in [0, 0.1) is 23.0 Å². The van der Waals surface area contributed by atoms with Crippen LogP contribution in [0.4, 0.5) is 43.0 Å². The van der Waals surface area contributed by atoms with Crippen molar-refractivity contribution >= 4 is 49.0 Å². The van der Waals surface area contributed by atoms with Gasteiger partial charge in [0.05, 0.1) is 33.8 Å². The Balaban J connectivity index is 1.31. The Hall–Kier alpha value is -5.93. The van der Waals surface area contributed by atoms with Crippen molar-refractivity contribution in [2.75, 3.05) is 49.2 Å². The van der Waals surface area contributed by atoms with Gasteiger partial charge >= 0.3 is 12.2 Å². The van der Waals surface area contributed by atoms with Crippen molar-refractivity contribution < 1.29 is 35.8 Å². The molecule has 0 bridgehead atoms. The third-order valence-corrected chi connectivity index (χ3v) is 12.7. The monoisotopic (exact) mass is 831 g/mol. The summed E-state index contributed by atoms with van der Waals surface area (Å²) in [5.41, 5.74) is 9.50. The molecule has 0 saturated carbocycles. The summed E-state index contributed by atoms with van der Waals surface area (Å²) in [6, 6.07) is 9.82. The topological polar surface area (TPSA) is 152 Å². The number of anilines is 3. The molecule has 18 heteroatoms. The van der Waals surface area contributed by atoms with Crippen molar-refractivity contribution in [1.82, 2.24) is 24.8 Å². The Morgan fingerprint density at radius 2 is 1.88 bits per heavy atom. The minimum Gasteiger partial charge on any atom is -0.490 e. The van der Waals surface area contributed by atoms with Gasteiger partial charge in [-0.05, 0) is 67.6 Å². The minimum absolute atomic E-state index is 0.0501. The first kappa shape index (κ1) is 38.6. The van der Waals surface area contributed by atoms with Gasteiger partial charge in [0.1, 0.15) is 64.7 Å². The molecule has 3 aliphatic heterocycles. The summed E-state index contributed by atoms with van der Waals surface area (Å²) in [4.78, 5) is 21.3. The van der Waals surface area contributed by atoms with E-state index in [9.17, 15) is 9.65 Å². The summed E-state index contributed by atoms with van der Waals surface area (Å²) in [7, 11) is 0. The summed E-state index contributed by atoms with van der Waals surface area (Å²) >= 11 is 0.666. The van der Waals surface area contributed by atoms with E-state index in [-0.39, 0.29) is 76.4 Å². The highest BCUT2D eigenvalue weighted by atomic mass is 32.1. The van der Waals surface area contributed by atoms with Gasteiger partial charge in [0.25, 0.3) is 0 Å². The number of aryl methyl sites for hydroxylation is 1. The molecule has 0 unspecified atom stereocenters. The first-order valence-corrected chi connectivity index (χ1v) is 19.8. The lowest BCUT2D eigenvalue weighted by Gasteiger charge is -2.34. The lowest BCUT2D eigenvalue weighted by Crippen LogP contribution is -2.43. The summed E-state index contributed by atoms with van der Waals surface area (Å²) in [6.07, 6.45) is 0.931. The second-order valence-electron chi connectivity index (χ2n) is 15.0. The van der Waals surface area contributed by atoms with E-state index in [0.717, 1.165) is 24.1 Å². The highest BCUT2D eigenvalue weighted by molar-refractivity contribution is 7.23. The summed E-state index contributed by atoms with van der Waals surface area (Å²) in [6.45, 7) is 0.457. The van der Waals surface area contributed by atoms with Crippen LogP contribution in [-0.2, 0) is 12.6 Å². The molecule has 6 aromatic rings. The maximum absolute atomic E-state index is 17.7. The molecular formula is C41H35F6N9O2S. The molecule has 2 aromatic carbocycles. The Labute approximate surface area is 337 Å². The number of thiophene rings is 1. The number of nitriles is 1. The zero-order valence-electron chi connectivity index (χ0n) is 31.2. The average molecular weight is 832 g/mol. The van der Waals surface area contributed by atoms with Crippen LogP contribution >= 0.6 is 11.3 Å². The number of aromatic nitrogens is 4. The molecule has 3 aliphatic rings. The normalized spacial score (nSPS) is 19.7. The Kier molecular flexibility index (Phi) is 9.62. The summed E-state index contributed by atoms with van der Waals surface area (Å²) in [5.74, 6) is -2.99. The van der Waals surface area contributed by atoms with Crippen LogP contribution < -0.4 is 25.8 Å². The van der Waals surface area contributed by atoms with Gasteiger partial charge in [-0.15, -0.1) is 11.3 Å². The predicted molar refractivity (Wildman–Crippen MR) is 210 cm³/mol. The number of ether oxygens (including phenoxy) is 2. The fourth-order valence-electron chi connectivity index (χ4n) is 9.06. The zero-order valence-corrected chi connectivity index (χ0v) is 32.0. The number of hydrogen-bond donors (Lipinski definition) is 2. The predicted octanol–water partition coefficient (Wildman–Crippen LogP) is 8.16. The maximum Gasteiger partial charge on any atom is 0.420 e. The molecular weight excluding hydrogens is 797 g/mol. The highest BCUT2D eigenvalue weighted by Crippen LogP contribution is 2.54. The number of nitrogens with two attached hydrogens (primary N) is 2. The molecule has 59 heavy (non-hydrogen) atoms. The summed E-state index contributed by atoms with van der Waals surface area (Å²) in [5, 5.41) is 9.22. The largest absolute Gasteiger partial charge is 0.490 e. The second-order valence-corrected chi connectivity index (χ2v) is 16.0. The van der Waals surface area contributed by atoms with E-state index in [4.69, 9.17) is 25.9 Å². The van der Waals surface area contributed by atoms with E-state index in [1.165, 1.54) is 6.20 Å². The SMILES string of the molecule is N#Cc1c(N)sc2c(F)ccc(-c3c(C(F)(F)F)c4c5c(nc(OC[C@@]67CCCN6C[C@H](F)C7)nc5c3F)N([C@H](CCc3ccncc3)c3cccnc3N)CCO4)c12. The number of alkyl halides is 4. The minimum atomic E-state index is -5.26. The number of hydrogen-bond acceptors (Lipinski definition) is 12. The first-order valence-electron chi connectivity index (χ1n) is 18.9. The van der Waals surface area contributed by atoms with E-state index in [1.807, 2.05) is 23.1 Å². The molecule has 0 radical (unpaired) electrons. The zero-order chi connectivity index (χ0) is 41.2. The number of pyridine rings is 2. The third kappa shape index (κ3) is 6.56. The van der Waals surface area contributed by atoms with Crippen molar-refractivity contribution in [3.8, 4) is 29.0 Å². The van der Waals surface area contributed by atoms with Crippen molar-refractivity contribution in [3.63, 3.8) is 0 Å². The average Bonchev–Trinajstić information content (AvgIpc) is 3.82. The Morgan fingerprint density at radius 3 is 2.64 bits per heavy atom. The number of nitrogen functional groups attached to an aromatic ring is 2. The Morgan fingerprint density at radius 1 is 1.07 bits per heavy atom. The molecule has 2 saturated heterocycles. The van der Waals surface area contributed by atoms with Gasteiger partial charge < -0.3 is 25.8 Å². The molecule has 9 rings (SSSR count). The van der Waals surface area contributed by atoms with Crippen LogP contribution in [0.25, 0.3) is 32.1 Å². The van der Waals surface area contributed by atoms with Gasteiger partial charge in [0.15, 0.2) is 5.82 Å². The standard InChI is InChI=1S/C41H35F6N9O2S/c42-22-17-40(10-2-14-55(40)19-22)20-58-39-53-33-30-34(31(41(45,46)47)29(32(33)44)24-5-6-26(43)35-28(24)25(18-48)37(50)59-35)57-16-15-56(38(30)54-39)27(23-3-1-11-52-36(23)49)7-4-21-8-12-51-13-9-21/h1,3,5-6,8-9,11-13,22,27H,2,4,7,10,14-17,19-20,50H2,(H2,49,52)/t22-,27-,40+/m1/s1. The molecule has 4 N–H and O–H groups in total. The lowest BCUT2D eigenvalue weighted by atomic mass is 9.91. The van der Waals surface area contributed by atoms with Crippen LogP contribution in [0.15, 0.2) is 55.0 Å². The van der Waals surface area contributed by atoms with Crippen LogP contribution in [-0.4, -0.2) is 69.4 Å². The molecule has 0 spiro atoms. The van der Waals surface area contributed by atoms with E-state index in [1.54, 1.807) is 29.4 Å². The lowest BCUT2D eigenvalue weighted by molar-refractivity contribution is -0.138. The first-order chi connectivity index (χ1) is 28.4. The fourth-order valence-corrected chi connectivity index (χ4v) is 10.0. The van der Waals surface area contributed by atoms with E-state index < -0.39 is 63.5 Å². The van der Waals surface area contributed by atoms with Gasteiger partial charge in [-0.2, -0.15) is 28.4 Å². The molecule has 3 atom stereocenters. The number of benzene rings is 2. The summed E-state index contributed by atoms with van der Waals surface area (Å²) < 4.78 is 107. The van der Waals surface area contributed by atoms with Crippen molar-refractivity contribution in [2.45, 2.75) is 56.0 Å². The van der Waals surface area contributed by atoms with Crippen LogP contribution in [0.1, 0.15) is 54.0 Å². The molecule has 11 nitrogen and oxygen atoms in total. The van der Waals surface area contributed by atoms with Crippen molar-refractivity contribution in [2.24, 2.45) is 0 Å². The van der Waals surface area contributed by atoms with Crippen LogP contribution in [0.2, 0.25) is 0 Å². The van der Waals surface area contributed by atoms with Gasteiger partial charge in [-0.3, -0.25) is 9.88 Å². The number of fused-ring (bicyclic) bond motifs is 2. The van der Waals surface area contributed by atoms with Gasteiger partial charge in [0.2, 0.25) is 0 Å². The number of rotatable bonds is 9. The molecule has 0 aliphatic carbocycles. The molecule has 2 fully saturated rings. The maximum atomic E-state index is 17.7. The van der Waals surface area contributed by atoms with Crippen LogP contribution in [0.5, 0.6) is 11.8 Å². The smallest absolute Gasteiger partial charge is 0.420 e. The number of nitrogens with zero attached hydrogens (tertiary/aromatic N) is 7. The molecule has 304 valence electrons. The van der Waals surface area contributed by atoms with E-state index in [2.05, 4.69) is 15.0 Å². The van der Waals surface area contributed by atoms with E-state index in [0.29, 0.717) is 42.7 Å². The molecule has 0 amide bonds. The van der Waals surface area contributed by atoms with Crippen molar-refractivity contribution in [1.29, 1.82) is 5.26 Å². The second kappa shape index (κ2) is 14.7.